The highest BCUT2D eigenvalue weighted by atomic mass is 32.2. The summed E-state index contributed by atoms with van der Waals surface area (Å²) in [5.41, 5.74) is 0. The fraction of sp³-hybridized carbons (Fsp3) is 0.200. The molecule has 0 aromatic heterocycles. The molecule has 0 saturated carbocycles. The summed E-state index contributed by atoms with van der Waals surface area (Å²) in [6.07, 6.45) is 1.80. The molecule has 0 heterocycles. The summed E-state index contributed by atoms with van der Waals surface area (Å²) in [6.45, 7) is 3.38. The van der Waals surface area contributed by atoms with Crippen molar-refractivity contribution < 1.29 is 21.6 Å². The summed E-state index contributed by atoms with van der Waals surface area (Å²) in [6, 6.07) is 1.23. The van der Waals surface area contributed by atoms with E-state index in [0.717, 1.165) is 0 Å². The number of benzene rings is 1. The first-order valence-corrected chi connectivity index (χ1v) is 6.12. The first kappa shape index (κ1) is 13.7. The lowest BCUT2D eigenvalue weighted by molar-refractivity contribution is 0.431. The van der Waals surface area contributed by atoms with Gasteiger partial charge in [-0.15, -0.1) is 6.58 Å². The largest absolute Gasteiger partial charge is 0.243 e. The molecule has 0 bridgehead atoms. The Morgan fingerprint density at radius 1 is 1.24 bits per heavy atom. The summed E-state index contributed by atoms with van der Waals surface area (Å²) in [4.78, 5) is -0.916. The number of halogens is 3. The van der Waals surface area contributed by atoms with Crippen molar-refractivity contribution in [1.82, 2.24) is 4.72 Å². The Balaban J connectivity index is 3.07. The first-order chi connectivity index (χ1) is 7.90. The molecule has 0 saturated heterocycles. The summed E-state index contributed by atoms with van der Waals surface area (Å²) in [7, 11) is -4.18. The molecule has 94 valence electrons. The fourth-order valence-corrected chi connectivity index (χ4v) is 2.20. The van der Waals surface area contributed by atoms with Gasteiger partial charge in [0.15, 0.2) is 17.5 Å². The van der Waals surface area contributed by atoms with Crippen LogP contribution >= 0.6 is 0 Å². The van der Waals surface area contributed by atoms with E-state index in [9.17, 15) is 21.6 Å². The van der Waals surface area contributed by atoms with Crippen molar-refractivity contribution >= 4 is 10.0 Å². The van der Waals surface area contributed by atoms with Crippen molar-refractivity contribution in [1.29, 1.82) is 0 Å². The first-order valence-electron chi connectivity index (χ1n) is 4.64. The Kier molecular flexibility index (Phi) is 4.30. The van der Waals surface area contributed by atoms with Crippen LogP contribution in [-0.2, 0) is 10.0 Å². The summed E-state index contributed by atoms with van der Waals surface area (Å²) in [5.74, 6) is -4.97. The second kappa shape index (κ2) is 5.33. The minimum atomic E-state index is -4.18. The zero-order chi connectivity index (χ0) is 13.1. The van der Waals surface area contributed by atoms with Crippen LogP contribution in [0.2, 0.25) is 0 Å². The van der Waals surface area contributed by atoms with Crippen molar-refractivity contribution in [2.24, 2.45) is 0 Å². The molecule has 0 aliphatic heterocycles. The molecular weight excluding hydrogens is 255 g/mol. The predicted molar refractivity (Wildman–Crippen MR) is 56.3 cm³/mol. The van der Waals surface area contributed by atoms with E-state index in [0.29, 0.717) is 18.6 Å². The molecule has 0 fully saturated rings. The van der Waals surface area contributed by atoms with Gasteiger partial charge in [-0.3, -0.25) is 0 Å². The molecule has 0 atom stereocenters. The lowest BCUT2D eigenvalue weighted by Crippen LogP contribution is -2.25. The maximum absolute atomic E-state index is 13.2. The molecule has 0 amide bonds. The van der Waals surface area contributed by atoms with Crippen molar-refractivity contribution in [3.63, 3.8) is 0 Å². The SMILES string of the molecule is C=CCCNS(=O)(=O)c1ccc(F)c(F)c1F. The number of hydrogen-bond acceptors (Lipinski definition) is 2. The minimum Gasteiger partial charge on any atom is -0.211 e. The van der Waals surface area contributed by atoms with Gasteiger partial charge < -0.3 is 0 Å². The average molecular weight is 265 g/mol. The molecule has 0 spiro atoms. The Labute approximate surface area is 97.0 Å². The molecule has 0 unspecified atom stereocenters. The third-order valence-corrected chi connectivity index (χ3v) is 3.41. The van der Waals surface area contributed by atoms with Gasteiger partial charge in [-0.05, 0) is 18.6 Å². The lowest BCUT2D eigenvalue weighted by atomic mass is 10.3. The van der Waals surface area contributed by atoms with Gasteiger partial charge in [0.05, 0.1) is 0 Å². The standard InChI is InChI=1S/C10H10F3NO2S/c1-2-3-6-14-17(15,16)8-5-4-7(11)9(12)10(8)13/h2,4-5,14H,1,3,6H2. The van der Waals surface area contributed by atoms with E-state index < -0.39 is 32.4 Å². The molecule has 1 aromatic rings. The lowest BCUT2D eigenvalue weighted by Gasteiger charge is -2.07. The summed E-state index contributed by atoms with van der Waals surface area (Å²) >= 11 is 0. The van der Waals surface area contributed by atoms with Crippen LogP contribution in [0.4, 0.5) is 13.2 Å². The van der Waals surface area contributed by atoms with Crippen molar-refractivity contribution in [2.45, 2.75) is 11.3 Å². The minimum absolute atomic E-state index is 0.00423. The highest BCUT2D eigenvalue weighted by molar-refractivity contribution is 7.89. The van der Waals surface area contributed by atoms with Crippen LogP contribution < -0.4 is 4.72 Å². The molecule has 0 radical (unpaired) electrons. The second-order valence-corrected chi connectivity index (χ2v) is 4.88. The highest BCUT2D eigenvalue weighted by Crippen LogP contribution is 2.19. The van der Waals surface area contributed by atoms with Crippen LogP contribution in [0.25, 0.3) is 0 Å². The monoisotopic (exact) mass is 265 g/mol. The van der Waals surface area contributed by atoms with Gasteiger partial charge >= 0.3 is 0 Å². The molecule has 17 heavy (non-hydrogen) atoms. The smallest absolute Gasteiger partial charge is 0.211 e. The summed E-state index contributed by atoms with van der Waals surface area (Å²) in [5, 5.41) is 0. The van der Waals surface area contributed by atoms with E-state index in [1.807, 2.05) is 4.72 Å². The normalized spacial score (nSPS) is 11.5. The van der Waals surface area contributed by atoms with Crippen LogP contribution in [0.15, 0.2) is 29.7 Å². The van der Waals surface area contributed by atoms with Crippen LogP contribution in [0, 0.1) is 17.5 Å². The van der Waals surface area contributed by atoms with Gasteiger partial charge in [0.1, 0.15) is 4.90 Å². The molecular formula is C10H10F3NO2S. The van der Waals surface area contributed by atoms with Gasteiger partial charge in [-0.25, -0.2) is 26.3 Å². The van der Waals surface area contributed by atoms with Gasteiger partial charge in [0.25, 0.3) is 0 Å². The Morgan fingerprint density at radius 2 is 1.88 bits per heavy atom. The zero-order valence-corrected chi connectivity index (χ0v) is 9.53. The molecule has 0 aliphatic carbocycles. The topological polar surface area (TPSA) is 46.2 Å². The fourth-order valence-electron chi connectivity index (χ4n) is 1.09. The van der Waals surface area contributed by atoms with Crippen molar-refractivity contribution in [3.8, 4) is 0 Å². The Bertz CT molecular complexity index is 529. The van der Waals surface area contributed by atoms with Crippen LogP contribution in [-0.4, -0.2) is 15.0 Å². The number of rotatable bonds is 5. The Hall–Kier alpha value is -1.34. The second-order valence-electron chi connectivity index (χ2n) is 3.15. The van der Waals surface area contributed by atoms with E-state index >= 15 is 0 Å². The van der Waals surface area contributed by atoms with E-state index in [1.54, 1.807) is 0 Å². The molecule has 1 N–H and O–H groups in total. The zero-order valence-electron chi connectivity index (χ0n) is 8.71. The van der Waals surface area contributed by atoms with Gasteiger partial charge in [0, 0.05) is 6.54 Å². The summed E-state index contributed by atoms with van der Waals surface area (Å²) < 4.78 is 63.7. The average Bonchev–Trinajstić information content (AvgIpc) is 2.26. The molecule has 1 aromatic carbocycles. The van der Waals surface area contributed by atoms with Gasteiger partial charge in [-0.2, -0.15) is 0 Å². The van der Waals surface area contributed by atoms with Crippen LogP contribution in [0.5, 0.6) is 0 Å². The van der Waals surface area contributed by atoms with E-state index in [4.69, 9.17) is 0 Å². The van der Waals surface area contributed by atoms with E-state index in [2.05, 4.69) is 6.58 Å². The maximum atomic E-state index is 13.2. The molecule has 7 heteroatoms. The Morgan fingerprint density at radius 3 is 2.47 bits per heavy atom. The molecule has 3 nitrogen and oxygen atoms in total. The third kappa shape index (κ3) is 3.07. The van der Waals surface area contributed by atoms with Gasteiger partial charge in [0.2, 0.25) is 10.0 Å². The van der Waals surface area contributed by atoms with E-state index in [-0.39, 0.29) is 6.54 Å². The highest BCUT2D eigenvalue weighted by Gasteiger charge is 2.23. The number of hydrogen-bond donors (Lipinski definition) is 1. The van der Waals surface area contributed by atoms with Gasteiger partial charge in [-0.1, -0.05) is 6.08 Å². The predicted octanol–water partition coefficient (Wildman–Crippen LogP) is 1.96. The molecule has 1 rings (SSSR count). The maximum Gasteiger partial charge on any atom is 0.243 e. The number of nitrogens with one attached hydrogen (secondary N) is 1. The van der Waals surface area contributed by atoms with E-state index in [1.165, 1.54) is 6.08 Å². The van der Waals surface area contributed by atoms with Crippen molar-refractivity contribution in [2.75, 3.05) is 6.54 Å². The third-order valence-electron chi connectivity index (χ3n) is 1.93. The quantitative estimate of drug-likeness (QED) is 0.502. The van der Waals surface area contributed by atoms with Crippen LogP contribution in [0.3, 0.4) is 0 Å². The van der Waals surface area contributed by atoms with Crippen molar-refractivity contribution in [3.05, 3.63) is 42.2 Å². The number of sulfonamides is 1. The van der Waals surface area contributed by atoms with Crippen LogP contribution in [0.1, 0.15) is 6.42 Å². The molecule has 0 aliphatic rings.